The van der Waals surface area contributed by atoms with Crippen LogP contribution in [0.4, 0.5) is 10.2 Å². The highest BCUT2D eigenvalue weighted by Crippen LogP contribution is 2.20. The van der Waals surface area contributed by atoms with Gasteiger partial charge in [-0.25, -0.2) is 14.4 Å². The van der Waals surface area contributed by atoms with E-state index in [4.69, 9.17) is 9.73 Å². The predicted molar refractivity (Wildman–Crippen MR) is 110 cm³/mol. The van der Waals surface area contributed by atoms with Crippen molar-refractivity contribution >= 4 is 11.8 Å². The van der Waals surface area contributed by atoms with Crippen molar-refractivity contribution in [3.8, 4) is 5.75 Å². The van der Waals surface area contributed by atoms with Gasteiger partial charge in [0.15, 0.2) is 17.6 Å². The fourth-order valence-electron chi connectivity index (χ4n) is 3.26. The van der Waals surface area contributed by atoms with E-state index >= 15 is 0 Å². The van der Waals surface area contributed by atoms with Crippen LogP contribution >= 0.6 is 0 Å². The van der Waals surface area contributed by atoms with Gasteiger partial charge in [-0.1, -0.05) is 12.1 Å². The largest absolute Gasteiger partial charge is 0.494 e. The smallest absolute Gasteiger partial charge is 0.191 e. The highest BCUT2D eigenvalue weighted by atomic mass is 19.1. The lowest BCUT2D eigenvalue weighted by Crippen LogP contribution is -2.44. The molecule has 1 saturated heterocycles. The Morgan fingerprint density at radius 2 is 2.21 bits per heavy atom. The monoisotopic (exact) mass is 385 g/mol. The summed E-state index contributed by atoms with van der Waals surface area (Å²) in [6.07, 6.45) is 2.53. The molecule has 1 atom stereocenters. The molecule has 1 fully saturated rings. The number of guanidine groups is 1. The Bertz CT molecular complexity index is 798. The van der Waals surface area contributed by atoms with Gasteiger partial charge in [-0.3, -0.25) is 0 Å². The first-order valence-corrected chi connectivity index (χ1v) is 9.81. The number of nitrogens with one attached hydrogen (secondary N) is 2. The minimum absolute atomic E-state index is 0.189. The molecular formula is C21H28FN5O. The molecule has 0 spiro atoms. The molecule has 0 saturated carbocycles. The van der Waals surface area contributed by atoms with Crippen LogP contribution in [0.1, 0.15) is 25.8 Å². The summed E-state index contributed by atoms with van der Waals surface area (Å²) in [5.41, 5.74) is 1.09. The van der Waals surface area contributed by atoms with E-state index in [-0.39, 0.29) is 11.9 Å². The van der Waals surface area contributed by atoms with E-state index in [9.17, 15) is 4.39 Å². The fourth-order valence-corrected chi connectivity index (χ4v) is 3.26. The molecule has 0 radical (unpaired) electrons. The van der Waals surface area contributed by atoms with Crippen LogP contribution in [-0.4, -0.2) is 43.2 Å². The normalized spacial score (nSPS) is 16.9. The summed E-state index contributed by atoms with van der Waals surface area (Å²) in [6, 6.07) is 11.2. The molecule has 150 valence electrons. The Balaban J connectivity index is 1.61. The Labute approximate surface area is 165 Å². The molecule has 0 bridgehead atoms. The number of halogens is 1. The van der Waals surface area contributed by atoms with Crippen LogP contribution in [0.3, 0.4) is 0 Å². The molecule has 6 nitrogen and oxygen atoms in total. The van der Waals surface area contributed by atoms with Crippen LogP contribution in [-0.2, 0) is 6.54 Å². The first-order chi connectivity index (χ1) is 13.7. The second-order valence-electron chi connectivity index (χ2n) is 6.66. The topological polar surface area (TPSA) is 61.8 Å². The van der Waals surface area contributed by atoms with Crippen molar-refractivity contribution < 1.29 is 9.13 Å². The zero-order valence-corrected chi connectivity index (χ0v) is 16.5. The van der Waals surface area contributed by atoms with Crippen molar-refractivity contribution in [2.75, 3.05) is 31.1 Å². The van der Waals surface area contributed by atoms with Crippen molar-refractivity contribution in [3.05, 3.63) is 54.0 Å². The number of hydrogen-bond acceptors (Lipinski definition) is 4. The van der Waals surface area contributed by atoms with E-state index in [0.29, 0.717) is 25.5 Å². The molecule has 3 rings (SSSR count). The molecule has 28 heavy (non-hydrogen) atoms. The standard InChI is InChI=1S/C21H28FN5O/c1-3-23-21(25-14-16-7-5-8-18(13-16)28-4-2)26-17-10-12-27(15-17)20-19(22)9-6-11-24-20/h5-9,11,13,17H,3-4,10,12,14-15H2,1-2H3,(H2,23,25,26). The van der Waals surface area contributed by atoms with E-state index in [1.807, 2.05) is 43.0 Å². The first-order valence-electron chi connectivity index (χ1n) is 9.81. The number of pyridine rings is 1. The van der Waals surface area contributed by atoms with Crippen LogP contribution in [0, 0.1) is 5.82 Å². The highest BCUT2D eigenvalue weighted by Gasteiger charge is 2.25. The number of benzene rings is 1. The minimum Gasteiger partial charge on any atom is -0.494 e. The molecule has 1 aromatic carbocycles. The van der Waals surface area contributed by atoms with Gasteiger partial charge in [0.25, 0.3) is 0 Å². The molecule has 1 aliphatic heterocycles. The summed E-state index contributed by atoms with van der Waals surface area (Å²) in [6.45, 7) is 7.44. The van der Waals surface area contributed by atoms with Gasteiger partial charge >= 0.3 is 0 Å². The third kappa shape index (κ3) is 5.34. The molecule has 0 aliphatic carbocycles. The van der Waals surface area contributed by atoms with E-state index in [1.165, 1.54) is 6.07 Å². The molecule has 1 unspecified atom stereocenters. The van der Waals surface area contributed by atoms with Crippen molar-refractivity contribution in [2.24, 2.45) is 4.99 Å². The van der Waals surface area contributed by atoms with Crippen molar-refractivity contribution in [1.82, 2.24) is 15.6 Å². The summed E-state index contributed by atoms with van der Waals surface area (Å²) in [4.78, 5) is 10.8. The summed E-state index contributed by atoms with van der Waals surface area (Å²) in [5, 5.41) is 6.75. The lowest BCUT2D eigenvalue weighted by molar-refractivity contribution is 0.340. The lowest BCUT2D eigenvalue weighted by atomic mass is 10.2. The van der Waals surface area contributed by atoms with Gasteiger partial charge in [0, 0.05) is 31.9 Å². The average Bonchev–Trinajstić information content (AvgIpc) is 3.15. The van der Waals surface area contributed by atoms with Gasteiger partial charge in [0.1, 0.15) is 5.75 Å². The maximum Gasteiger partial charge on any atom is 0.191 e. The van der Waals surface area contributed by atoms with Crippen LogP contribution in [0.15, 0.2) is 47.6 Å². The van der Waals surface area contributed by atoms with Gasteiger partial charge < -0.3 is 20.3 Å². The van der Waals surface area contributed by atoms with E-state index in [1.54, 1.807) is 12.3 Å². The van der Waals surface area contributed by atoms with Gasteiger partial charge in [0.2, 0.25) is 0 Å². The predicted octanol–water partition coefficient (Wildman–Crippen LogP) is 2.95. The highest BCUT2D eigenvalue weighted by molar-refractivity contribution is 5.80. The summed E-state index contributed by atoms with van der Waals surface area (Å²) < 4.78 is 19.5. The molecule has 7 heteroatoms. The number of hydrogen-bond donors (Lipinski definition) is 2. The molecule has 0 amide bonds. The zero-order valence-electron chi connectivity index (χ0n) is 16.5. The maximum absolute atomic E-state index is 14.0. The average molecular weight is 385 g/mol. The SMILES string of the molecule is CCNC(=NCc1cccc(OCC)c1)NC1CCN(c2ncccc2F)C1. The number of ether oxygens (including phenoxy) is 1. The second kappa shape index (κ2) is 9.92. The van der Waals surface area contributed by atoms with Crippen molar-refractivity contribution in [1.29, 1.82) is 0 Å². The van der Waals surface area contributed by atoms with Crippen LogP contribution in [0.2, 0.25) is 0 Å². The summed E-state index contributed by atoms with van der Waals surface area (Å²) in [7, 11) is 0. The lowest BCUT2D eigenvalue weighted by Gasteiger charge is -2.20. The van der Waals surface area contributed by atoms with Gasteiger partial charge in [-0.15, -0.1) is 0 Å². The quantitative estimate of drug-likeness (QED) is 0.567. The fraction of sp³-hybridized carbons (Fsp3) is 0.429. The second-order valence-corrected chi connectivity index (χ2v) is 6.66. The third-order valence-corrected chi connectivity index (χ3v) is 4.54. The molecule has 1 aromatic heterocycles. The summed E-state index contributed by atoms with van der Waals surface area (Å²) >= 11 is 0. The molecule has 1 aliphatic rings. The van der Waals surface area contributed by atoms with Crippen LogP contribution in [0.25, 0.3) is 0 Å². The molecule has 2 heterocycles. The maximum atomic E-state index is 14.0. The Hall–Kier alpha value is -2.83. The molecular weight excluding hydrogens is 357 g/mol. The van der Waals surface area contributed by atoms with Crippen LogP contribution in [0.5, 0.6) is 5.75 Å². The van der Waals surface area contributed by atoms with Crippen LogP contribution < -0.4 is 20.3 Å². The van der Waals surface area contributed by atoms with Gasteiger partial charge in [-0.05, 0) is 50.1 Å². The minimum atomic E-state index is -0.280. The Kier molecular flexibility index (Phi) is 7.06. The zero-order chi connectivity index (χ0) is 19.8. The van der Waals surface area contributed by atoms with Gasteiger partial charge in [-0.2, -0.15) is 0 Å². The Morgan fingerprint density at radius 3 is 3.00 bits per heavy atom. The number of nitrogens with zero attached hydrogens (tertiary/aromatic N) is 3. The summed E-state index contributed by atoms with van der Waals surface area (Å²) in [5.74, 6) is 1.76. The van der Waals surface area contributed by atoms with E-state index in [0.717, 1.165) is 36.8 Å². The number of anilines is 1. The van der Waals surface area contributed by atoms with Crippen molar-refractivity contribution in [2.45, 2.75) is 32.9 Å². The molecule has 2 aromatic rings. The Morgan fingerprint density at radius 1 is 1.32 bits per heavy atom. The van der Waals surface area contributed by atoms with E-state index in [2.05, 4.69) is 15.6 Å². The van der Waals surface area contributed by atoms with Crippen molar-refractivity contribution in [3.63, 3.8) is 0 Å². The molecule has 2 N–H and O–H groups in total. The number of rotatable bonds is 7. The first kappa shape index (κ1) is 19.9. The third-order valence-electron chi connectivity index (χ3n) is 4.54. The number of aromatic nitrogens is 1. The van der Waals surface area contributed by atoms with Gasteiger partial charge in [0.05, 0.1) is 13.2 Å². The number of aliphatic imine (C=N–C) groups is 1. The van der Waals surface area contributed by atoms with E-state index < -0.39 is 0 Å².